The average molecular weight is 691 g/mol. The van der Waals surface area contributed by atoms with Gasteiger partial charge in [-0.25, -0.2) is 13.6 Å². The van der Waals surface area contributed by atoms with Crippen molar-refractivity contribution in [2.45, 2.75) is 35.4 Å². The highest BCUT2D eigenvalue weighted by Crippen LogP contribution is 2.31. The van der Waals surface area contributed by atoms with E-state index in [9.17, 15) is 23.6 Å². The summed E-state index contributed by atoms with van der Waals surface area (Å²) in [6.07, 6.45) is -0.605. The molecule has 3 aromatic carbocycles. The van der Waals surface area contributed by atoms with Crippen LogP contribution in [0.15, 0.2) is 72.8 Å². The van der Waals surface area contributed by atoms with E-state index < -0.39 is 40.2 Å². The first-order valence-electron chi connectivity index (χ1n) is 14.8. The Hall–Kier alpha value is -3.62. The third kappa shape index (κ3) is 8.39. The highest BCUT2D eigenvalue weighted by Gasteiger charge is 2.43. The lowest BCUT2D eigenvalue weighted by Gasteiger charge is -2.38. The Bertz CT molecular complexity index is 1580. The maximum atomic E-state index is 14.8. The Morgan fingerprint density at radius 3 is 2.35 bits per heavy atom. The Morgan fingerprint density at radius 2 is 1.67 bits per heavy atom. The number of nitriles is 1. The topological polar surface area (TPSA) is 80.1 Å². The molecule has 2 heterocycles. The quantitative estimate of drug-likeness (QED) is 0.265. The summed E-state index contributed by atoms with van der Waals surface area (Å²) >= 11 is 17.5. The van der Waals surface area contributed by atoms with Crippen LogP contribution in [0.25, 0.3) is 0 Å². The number of likely N-dealkylation sites (tertiary alicyclic amines) is 1. The van der Waals surface area contributed by atoms with E-state index in [1.54, 1.807) is 6.07 Å². The third-order valence-corrected chi connectivity index (χ3v) is 8.57. The van der Waals surface area contributed by atoms with Crippen LogP contribution in [0.3, 0.4) is 0 Å². The zero-order valence-electron chi connectivity index (χ0n) is 24.8. The largest absolute Gasteiger partial charge is 0.445 e. The number of ether oxygens (including phenoxy) is 1. The maximum Gasteiger partial charge on any atom is 0.410 e. The molecule has 0 radical (unpaired) electrons. The standard InChI is InChI=1S/C33H32Cl3F2N5O3/c34-33(35,36)22-46-32(45)43(20-25-10-11-26(37)16-28(25)38)27-17-30(42(21-27)19-23-6-2-1-3-7-23)31(44)41-14-12-40(13-15-41)29-9-5-4-8-24(29)18-39/h1-11,16,27,30H,12-15,17,19-22H2. The minimum atomic E-state index is -1.87. The Kier molecular flexibility index (Phi) is 10.9. The zero-order valence-corrected chi connectivity index (χ0v) is 27.1. The predicted molar refractivity (Wildman–Crippen MR) is 173 cm³/mol. The summed E-state index contributed by atoms with van der Waals surface area (Å²) in [7, 11) is 0. The summed E-state index contributed by atoms with van der Waals surface area (Å²) in [4.78, 5) is 34.8. The summed E-state index contributed by atoms with van der Waals surface area (Å²) in [6, 6.07) is 21.2. The average Bonchev–Trinajstić information content (AvgIpc) is 3.46. The second-order valence-electron chi connectivity index (χ2n) is 11.3. The molecule has 2 unspecified atom stereocenters. The first kappa shape index (κ1) is 33.7. The molecule has 242 valence electrons. The van der Waals surface area contributed by atoms with Gasteiger partial charge in [0.1, 0.15) is 24.3 Å². The molecule has 46 heavy (non-hydrogen) atoms. The van der Waals surface area contributed by atoms with Crippen LogP contribution in [-0.4, -0.2) is 81.9 Å². The number of hydrogen-bond donors (Lipinski definition) is 0. The fraction of sp³-hybridized carbons (Fsp3) is 0.364. The third-order valence-electron chi connectivity index (χ3n) is 8.24. The van der Waals surface area contributed by atoms with Crippen molar-refractivity contribution in [2.75, 3.05) is 44.2 Å². The van der Waals surface area contributed by atoms with Crippen molar-refractivity contribution in [3.05, 3.63) is 101 Å². The molecule has 8 nitrogen and oxygen atoms in total. The first-order valence-corrected chi connectivity index (χ1v) is 15.9. The van der Waals surface area contributed by atoms with Gasteiger partial charge in [0.2, 0.25) is 9.70 Å². The second kappa shape index (κ2) is 14.9. The minimum absolute atomic E-state index is 0.0744. The van der Waals surface area contributed by atoms with Crippen LogP contribution in [0.1, 0.15) is 23.1 Å². The van der Waals surface area contributed by atoms with Gasteiger partial charge in [-0.3, -0.25) is 14.6 Å². The van der Waals surface area contributed by atoms with E-state index >= 15 is 0 Å². The molecular weight excluding hydrogens is 659 g/mol. The Morgan fingerprint density at radius 1 is 0.978 bits per heavy atom. The Labute approximate surface area is 281 Å². The number of benzene rings is 3. The number of carbonyl (C=O) groups is 2. The van der Waals surface area contributed by atoms with Crippen molar-refractivity contribution in [1.82, 2.24) is 14.7 Å². The highest BCUT2D eigenvalue weighted by molar-refractivity contribution is 6.67. The van der Waals surface area contributed by atoms with Gasteiger partial charge >= 0.3 is 6.09 Å². The van der Waals surface area contributed by atoms with Gasteiger partial charge in [-0.15, -0.1) is 0 Å². The molecule has 0 spiro atoms. The first-order chi connectivity index (χ1) is 22.0. The zero-order chi connectivity index (χ0) is 32.8. The van der Waals surface area contributed by atoms with Crippen molar-refractivity contribution >= 4 is 52.5 Å². The lowest BCUT2D eigenvalue weighted by Crippen LogP contribution is -2.53. The predicted octanol–water partition coefficient (Wildman–Crippen LogP) is 6.14. The van der Waals surface area contributed by atoms with Gasteiger partial charge in [-0.05, 0) is 30.2 Å². The number of para-hydroxylation sites is 1. The van der Waals surface area contributed by atoms with Crippen molar-refractivity contribution in [3.8, 4) is 6.07 Å². The number of anilines is 1. The van der Waals surface area contributed by atoms with E-state index in [0.717, 1.165) is 23.4 Å². The summed E-state index contributed by atoms with van der Waals surface area (Å²) in [6.45, 7) is 1.95. The van der Waals surface area contributed by atoms with Crippen LogP contribution < -0.4 is 4.90 Å². The molecule has 2 aliphatic rings. The van der Waals surface area contributed by atoms with Gasteiger partial charge in [0.25, 0.3) is 0 Å². The van der Waals surface area contributed by atoms with Crippen LogP contribution in [-0.2, 0) is 22.6 Å². The summed E-state index contributed by atoms with van der Waals surface area (Å²) < 4.78 is 31.9. The fourth-order valence-corrected chi connectivity index (χ4v) is 6.14. The molecule has 13 heteroatoms. The summed E-state index contributed by atoms with van der Waals surface area (Å²) in [5.41, 5.74) is 2.47. The van der Waals surface area contributed by atoms with E-state index in [2.05, 4.69) is 11.0 Å². The van der Waals surface area contributed by atoms with E-state index in [1.165, 1.54) is 11.0 Å². The number of piperazine rings is 1. The van der Waals surface area contributed by atoms with Crippen LogP contribution in [0.2, 0.25) is 0 Å². The molecule has 0 bridgehead atoms. The molecule has 2 atom stereocenters. The molecule has 0 saturated carbocycles. The van der Waals surface area contributed by atoms with Gasteiger partial charge in [-0.2, -0.15) is 5.26 Å². The molecule has 2 fully saturated rings. The van der Waals surface area contributed by atoms with Crippen molar-refractivity contribution in [1.29, 1.82) is 5.26 Å². The van der Waals surface area contributed by atoms with Gasteiger partial charge in [0.15, 0.2) is 0 Å². The second-order valence-corrected chi connectivity index (χ2v) is 13.8. The van der Waals surface area contributed by atoms with E-state index in [1.807, 2.05) is 58.3 Å². The minimum Gasteiger partial charge on any atom is -0.445 e. The monoisotopic (exact) mass is 689 g/mol. The van der Waals surface area contributed by atoms with E-state index in [-0.39, 0.29) is 31.0 Å². The van der Waals surface area contributed by atoms with Crippen LogP contribution >= 0.6 is 34.8 Å². The number of amides is 2. The van der Waals surface area contributed by atoms with Gasteiger partial charge < -0.3 is 14.5 Å². The van der Waals surface area contributed by atoms with Crippen molar-refractivity contribution < 1.29 is 23.1 Å². The number of rotatable bonds is 8. The van der Waals surface area contributed by atoms with Crippen molar-refractivity contribution in [3.63, 3.8) is 0 Å². The number of nitrogens with zero attached hydrogens (tertiary/aromatic N) is 5. The fourth-order valence-electron chi connectivity index (χ4n) is 5.98. The normalized spacial score (nSPS) is 18.7. The Balaban J connectivity index is 1.37. The number of carbonyl (C=O) groups excluding carboxylic acids is 2. The maximum absolute atomic E-state index is 14.8. The van der Waals surface area contributed by atoms with Gasteiger partial charge in [0, 0.05) is 50.9 Å². The highest BCUT2D eigenvalue weighted by atomic mass is 35.6. The molecule has 0 N–H and O–H groups in total. The van der Waals surface area contributed by atoms with E-state index in [4.69, 9.17) is 39.5 Å². The number of halogens is 5. The van der Waals surface area contributed by atoms with Crippen molar-refractivity contribution in [2.24, 2.45) is 0 Å². The van der Waals surface area contributed by atoms with Crippen LogP contribution in [0, 0.1) is 23.0 Å². The molecule has 3 aromatic rings. The molecule has 0 aromatic heterocycles. The van der Waals surface area contributed by atoms with Gasteiger partial charge in [-0.1, -0.05) is 83.3 Å². The SMILES string of the molecule is N#Cc1ccccc1N1CCN(C(=O)C2CC(N(Cc3ccc(F)cc3F)C(=O)OCC(Cl)(Cl)Cl)CN2Cc2ccccc2)CC1. The number of alkyl halides is 3. The number of hydrogen-bond acceptors (Lipinski definition) is 6. The smallest absolute Gasteiger partial charge is 0.410 e. The lowest BCUT2D eigenvalue weighted by atomic mass is 10.1. The molecule has 0 aliphatic carbocycles. The summed E-state index contributed by atoms with van der Waals surface area (Å²) in [5.74, 6) is -1.65. The molecule has 2 aliphatic heterocycles. The molecule has 5 rings (SSSR count). The summed E-state index contributed by atoms with van der Waals surface area (Å²) in [5, 5.41) is 9.54. The lowest BCUT2D eigenvalue weighted by molar-refractivity contribution is -0.136. The van der Waals surface area contributed by atoms with Gasteiger partial charge in [0.05, 0.1) is 29.9 Å². The van der Waals surface area contributed by atoms with Crippen LogP contribution in [0.4, 0.5) is 19.3 Å². The van der Waals surface area contributed by atoms with E-state index in [0.29, 0.717) is 38.3 Å². The molecule has 2 saturated heterocycles. The molecule has 2 amide bonds. The van der Waals surface area contributed by atoms with Crippen LogP contribution in [0.5, 0.6) is 0 Å². The molecular formula is C33H32Cl3F2N5O3.